The highest BCUT2D eigenvalue weighted by Gasteiger charge is 2.33. The van der Waals surface area contributed by atoms with Gasteiger partial charge in [-0.05, 0) is 54.3 Å². The van der Waals surface area contributed by atoms with Crippen LogP contribution in [0.4, 0.5) is 10.5 Å². The fourth-order valence-electron chi connectivity index (χ4n) is 4.18. The Hall–Kier alpha value is -3.21. The lowest BCUT2D eigenvalue weighted by molar-refractivity contribution is 0.162. The molecule has 1 atom stereocenters. The Morgan fingerprint density at radius 3 is 2.69 bits per heavy atom. The van der Waals surface area contributed by atoms with Gasteiger partial charge in [0.15, 0.2) is 0 Å². The molecule has 4 rings (SSSR count). The number of aromatic nitrogens is 1. The minimum Gasteiger partial charge on any atom is -0.495 e. The maximum absolute atomic E-state index is 13.5. The number of nitrogens with zero attached hydrogens (tertiary/aromatic N) is 2. The average molecular weight is 389 g/mol. The smallest absolute Gasteiger partial charge is 0.322 e. The summed E-state index contributed by atoms with van der Waals surface area (Å²) in [5.41, 5.74) is 5.13. The van der Waals surface area contributed by atoms with Crippen LogP contribution in [0.15, 0.2) is 60.8 Å². The molecule has 150 valence electrons. The van der Waals surface area contributed by atoms with Crippen LogP contribution in [-0.4, -0.2) is 22.6 Å². The molecule has 3 aromatic rings. The number of rotatable bonds is 3. The van der Waals surface area contributed by atoms with Gasteiger partial charge in [-0.1, -0.05) is 38.1 Å². The van der Waals surface area contributed by atoms with Crippen molar-refractivity contribution in [3.63, 3.8) is 0 Å². The van der Waals surface area contributed by atoms with Crippen LogP contribution in [0.5, 0.6) is 5.75 Å². The molecule has 2 amide bonds. The van der Waals surface area contributed by atoms with E-state index >= 15 is 0 Å². The predicted molar refractivity (Wildman–Crippen MR) is 116 cm³/mol. The first-order valence-corrected chi connectivity index (χ1v) is 9.97. The van der Waals surface area contributed by atoms with Gasteiger partial charge < -0.3 is 19.5 Å². The quantitative estimate of drug-likeness (QED) is 0.639. The van der Waals surface area contributed by atoms with Gasteiger partial charge in [0.2, 0.25) is 0 Å². The molecule has 2 heterocycles. The third-order valence-corrected chi connectivity index (χ3v) is 5.50. The van der Waals surface area contributed by atoms with Crippen molar-refractivity contribution in [3.8, 4) is 11.4 Å². The molecule has 1 N–H and O–H groups in total. The van der Waals surface area contributed by atoms with Crippen LogP contribution in [-0.2, 0) is 6.54 Å². The van der Waals surface area contributed by atoms with E-state index in [0.29, 0.717) is 18.0 Å². The largest absolute Gasteiger partial charge is 0.495 e. The van der Waals surface area contributed by atoms with E-state index < -0.39 is 0 Å². The van der Waals surface area contributed by atoms with Crippen molar-refractivity contribution < 1.29 is 9.53 Å². The Labute approximate surface area is 171 Å². The van der Waals surface area contributed by atoms with E-state index in [0.717, 1.165) is 22.5 Å². The van der Waals surface area contributed by atoms with Crippen molar-refractivity contribution in [1.82, 2.24) is 9.47 Å². The SMILES string of the molecule is COc1ccc(C)cc1NC(=O)N1Cc2ccccc2-n2cccc2[C@@H]1C(C)C. The summed E-state index contributed by atoms with van der Waals surface area (Å²) in [6, 6.07) is 18.1. The summed E-state index contributed by atoms with van der Waals surface area (Å²) in [6.45, 7) is 6.86. The lowest BCUT2D eigenvalue weighted by atomic mass is 9.99. The Morgan fingerprint density at radius 2 is 1.93 bits per heavy atom. The van der Waals surface area contributed by atoms with Crippen molar-refractivity contribution in [2.45, 2.75) is 33.4 Å². The zero-order chi connectivity index (χ0) is 20.5. The van der Waals surface area contributed by atoms with Crippen LogP contribution >= 0.6 is 0 Å². The maximum atomic E-state index is 13.5. The molecule has 5 nitrogen and oxygen atoms in total. The van der Waals surface area contributed by atoms with Crippen molar-refractivity contribution >= 4 is 11.7 Å². The van der Waals surface area contributed by atoms with Crippen LogP contribution in [0.2, 0.25) is 0 Å². The molecule has 5 heteroatoms. The van der Waals surface area contributed by atoms with Crippen molar-refractivity contribution in [2.75, 3.05) is 12.4 Å². The normalized spacial score (nSPS) is 15.5. The fraction of sp³-hybridized carbons (Fsp3) is 0.292. The second kappa shape index (κ2) is 7.66. The van der Waals surface area contributed by atoms with Crippen molar-refractivity contribution in [1.29, 1.82) is 0 Å². The number of methoxy groups -OCH3 is 1. The molecule has 0 unspecified atom stereocenters. The van der Waals surface area contributed by atoms with Gasteiger partial charge in [-0.15, -0.1) is 0 Å². The molecular weight excluding hydrogens is 362 g/mol. The molecule has 1 aliphatic heterocycles. The molecule has 2 aromatic carbocycles. The summed E-state index contributed by atoms with van der Waals surface area (Å²) in [5.74, 6) is 0.909. The van der Waals surface area contributed by atoms with Gasteiger partial charge in [-0.2, -0.15) is 0 Å². The van der Waals surface area contributed by atoms with E-state index in [9.17, 15) is 4.79 Å². The summed E-state index contributed by atoms with van der Waals surface area (Å²) in [6.07, 6.45) is 2.08. The Kier molecular flexibility index (Phi) is 5.05. The van der Waals surface area contributed by atoms with E-state index in [1.54, 1.807) is 7.11 Å². The Morgan fingerprint density at radius 1 is 1.14 bits per heavy atom. The molecule has 0 bridgehead atoms. The molecule has 0 radical (unpaired) electrons. The number of amides is 2. The summed E-state index contributed by atoms with van der Waals surface area (Å²) in [7, 11) is 1.62. The first kappa shape index (κ1) is 19.1. The second-order valence-corrected chi connectivity index (χ2v) is 7.88. The fourth-order valence-corrected chi connectivity index (χ4v) is 4.18. The highest BCUT2D eigenvalue weighted by atomic mass is 16.5. The number of ether oxygens (including phenoxy) is 1. The summed E-state index contributed by atoms with van der Waals surface area (Å²) < 4.78 is 7.66. The number of benzene rings is 2. The van der Waals surface area contributed by atoms with E-state index in [1.807, 2.05) is 48.2 Å². The molecule has 1 aromatic heterocycles. The number of fused-ring (bicyclic) bond motifs is 3. The number of carbonyl (C=O) groups excluding carboxylic acids is 1. The lowest BCUT2D eigenvalue weighted by Crippen LogP contribution is -2.39. The van der Waals surface area contributed by atoms with Gasteiger partial charge in [0.05, 0.1) is 31.1 Å². The molecule has 0 aliphatic carbocycles. The summed E-state index contributed by atoms with van der Waals surface area (Å²) >= 11 is 0. The first-order valence-electron chi connectivity index (χ1n) is 9.97. The monoisotopic (exact) mass is 389 g/mol. The van der Waals surface area contributed by atoms with E-state index in [-0.39, 0.29) is 18.0 Å². The maximum Gasteiger partial charge on any atom is 0.322 e. The number of hydrogen-bond acceptors (Lipinski definition) is 2. The molecule has 0 fully saturated rings. The van der Waals surface area contributed by atoms with Crippen LogP contribution < -0.4 is 10.1 Å². The molecule has 0 saturated heterocycles. The standard InChI is InChI=1S/C24H27N3O2/c1-16(2)23-21-10-7-13-26(21)20-9-6-5-8-18(20)15-27(23)24(28)25-19-14-17(3)11-12-22(19)29-4/h5-14,16,23H,15H2,1-4H3,(H,25,28)/t23-/m0/s1. The summed E-state index contributed by atoms with van der Waals surface area (Å²) in [4.78, 5) is 15.4. The lowest BCUT2D eigenvalue weighted by Gasteiger charge is -2.33. The molecule has 0 saturated carbocycles. The van der Waals surface area contributed by atoms with E-state index in [1.165, 1.54) is 0 Å². The van der Waals surface area contributed by atoms with E-state index in [2.05, 4.69) is 48.1 Å². The Balaban J connectivity index is 1.76. The third-order valence-electron chi connectivity index (χ3n) is 5.50. The predicted octanol–water partition coefficient (Wildman–Crippen LogP) is 5.54. The van der Waals surface area contributed by atoms with E-state index in [4.69, 9.17) is 4.74 Å². The van der Waals surface area contributed by atoms with Crippen molar-refractivity contribution in [2.24, 2.45) is 5.92 Å². The number of para-hydroxylation sites is 1. The highest BCUT2D eigenvalue weighted by molar-refractivity contribution is 5.91. The zero-order valence-electron chi connectivity index (χ0n) is 17.3. The van der Waals surface area contributed by atoms with Gasteiger partial charge in [0.25, 0.3) is 0 Å². The molecule has 0 spiro atoms. The van der Waals surface area contributed by atoms with Crippen LogP contribution in [0, 0.1) is 12.8 Å². The van der Waals surface area contributed by atoms with Gasteiger partial charge in [0, 0.05) is 11.9 Å². The van der Waals surface area contributed by atoms with Crippen molar-refractivity contribution in [3.05, 3.63) is 77.6 Å². The topological polar surface area (TPSA) is 46.5 Å². The number of anilines is 1. The van der Waals surface area contributed by atoms with Gasteiger partial charge >= 0.3 is 6.03 Å². The molecular formula is C24H27N3O2. The van der Waals surface area contributed by atoms with Crippen LogP contribution in [0.25, 0.3) is 5.69 Å². The van der Waals surface area contributed by atoms with Gasteiger partial charge in [-0.25, -0.2) is 4.79 Å². The number of hydrogen-bond donors (Lipinski definition) is 1. The highest BCUT2D eigenvalue weighted by Crippen LogP contribution is 2.37. The number of urea groups is 1. The number of nitrogens with one attached hydrogen (secondary N) is 1. The van der Waals surface area contributed by atoms with Crippen LogP contribution in [0.3, 0.4) is 0 Å². The molecule has 29 heavy (non-hydrogen) atoms. The Bertz CT molecular complexity index is 1040. The number of aryl methyl sites for hydroxylation is 1. The van der Waals surface area contributed by atoms with Gasteiger partial charge in [0.1, 0.15) is 5.75 Å². The number of carbonyl (C=O) groups is 1. The molecule has 1 aliphatic rings. The van der Waals surface area contributed by atoms with Gasteiger partial charge in [-0.3, -0.25) is 0 Å². The summed E-state index contributed by atoms with van der Waals surface area (Å²) in [5, 5.41) is 3.09. The van der Waals surface area contributed by atoms with Crippen LogP contribution in [0.1, 0.15) is 36.7 Å². The average Bonchev–Trinajstić information content (AvgIpc) is 3.11. The zero-order valence-corrected chi connectivity index (χ0v) is 17.3. The second-order valence-electron chi connectivity index (χ2n) is 7.88. The minimum absolute atomic E-state index is 0.0480. The minimum atomic E-state index is -0.128. The third kappa shape index (κ3) is 3.48. The first-order chi connectivity index (χ1) is 14.0.